The molecule has 1 aliphatic rings. The number of carbonyl (C=O) groups excluding carboxylic acids is 2. The van der Waals surface area contributed by atoms with Crippen molar-refractivity contribution in [3.63, 3.8) is 0 Å². The molecule has 0 radical (unpaired) electrons. The standard InChI is InChI=1S/C30H22ClF3N2O5.Na/c1-16-12-20(36-28(35-16)18-2-6-19(7-3-18)30(32,33)34)13-25(37)17-4-8-21(9-5-17)41-27-15-26-23(14-24(27)31)22(29(38)39)10-11-40-26;/h2-9,12,14-15,22H,10-11,13H2,1H3,(H,38,39);/q;+1/p-1. The van der Waals surface area contributed by atoms with Gasteiger partial charge in [0.05, 0.1) is 29.3 Å². The molecule has 0 N–H and O–H groups in total. The molecule has 7 nitrogen and oxygen atoms in total. The van der Waals surface area contributed by atoms with E-state index in [0.29, 0.717) is 39.6 Å². The Hall–Kier alpha value is -3.44. The van der Waals surface area contributed by atoms with E-state index in [1.165, 1.54) is 24.3 Å². The van der Waals surface area contributed by atoms with Crippen molar-refractivity contribution in [3.8, 4) is 28.6 Å². The fourth-order valence-corrected chi connectivity index (χ4v) is 4.69. The Morgan fingerprint density at radius 1 is 1.05 bits per heavy atom. The summed E-state index contributed by atoms with van der Waals surface area (Å²) in [7, 11) is 0. The second-order valence-corrected chi connectivity index (χ2v) is 9.86. The van der Waals surface area contributed by atoms with Crippen LogP contribution in [0.5, 0.6) is 17.2 Å². The number of carboxylic acids is 1. The summed E-state index contributed by atoms with van der Waals surface area (Å²) >= 11 is 6.34. The maximum atomic E-state index is 13.0. The number of carbonyl (C=O) groups is 2. The number of hydrogen-bond donors (Lipinski definition) is 0. The van der Waals surface area contributed by atoms with Crippen molar-refractivity contribution < 1.29 is 66.9 Å². The van der Waals surface area contributed by atoms with E-state index in [1.54, 1.807) is 37.3 Å². The third kappa shape index (κ3) is 7.12. The van der Waals surface area contributed by atoms with Crippen molar-refractivity contribution in [2.24, 2.45) is 0 Å². The zero-order valence-corrected chi connectivity index (χ0v) is 25.3. The van der Waals surface area contributed by atoms with E-state index in [2.05, 4.69) is 9.97 Å². The molecule has 42 heavy (non-hydrogen) atoms. The first-order valence-electron chi connectivity index (χ1n) is 12.5. The number of rotatable bonds is 7. The number of aryl methyl sites for hydroxylation is 1. The Kier molecular flexibility index (Phi) is 9.62. The molecule has 0 amide bonds. The van der Waals surface area contributed by atoms with Gasteiger partial charge in [0, 0.05) is 40.3 Å². The summed E-state index contributed by atoms with van der Waals surface area (Å²) in [5, 5.41) is 11.6. The summed E-state index contributed by atoms with van der Waals surface area (Å²) in [4.78, 5) is 33.1. The minimum atomic E-state index is -4.45. The minimum absolute atomic E-state index is 0. The molecule has 5 rings (SSSR count). The molecule has 0 fully saturated rings. The topological polar surface area (TPSA) is 101 Å². The number of hydrogen-bond acceptors (Lipinski definition) is 7. The van der Waals surface area contributed by atoms with E-state index in [4.69, 9.17) is 21.1 Å². The summed E-state index contributed by atoms with van der Waals surface area (Å²) in [5.41, 5.74) is 1.44. The van der Waals surface area contributed by atoms with Crippen LogP contribution >= 0.6 is 11.6 Å². The van der Waals surface area contributed by atoms with Gasteiger partial charge in [-0.3, -0.25) is 4.79 Å². The Morgan fingerprint density at radius 2 is 1.74 bits per heavy atom. The molecule has 4 aromatic rings. The Morgan fingerprint density at radius 3 is 2.38 bits per heavy atom. The van der Waals surface area contributed by atoms with Crippen LogP contribution in [0.15, 0.2) is 66.7 Å². The summed E-state index contributed by atoms with van der Waals surface area (Å²) in [5.74, 6) is -1.03. The van der Waals surface area contributed by atoms with E-state index < -0.39 is 23.6 Å². The smallest absolute Gasteiger partial charge is 0.549 e. The average molecular weight is 605 g/mol. The number of ketones is 1. The molecule has 0 saturated carbocycles. The molecule has 210 valence electrons. The van der Waals surface area contributed by atoms with Gasteiger partial charge in [-0.25, -0.2) is 9.97 Å². The van der Waals surface area contributed by atoms with E-state index >= 15 is 0 Å². The first-order valence-corrected chi connectivity index (χ1v) is 12.9. The van der Waals surface area contributed by atoms with Gasteiger partial charge in [-0.05, 0) is 61.9 Å². The summed E-state index contributed by atoms with van der Waals surface area (Å²) < 4.78 is 50.1. The van der Waals surface area contributed by atoms with Crippen molar-refractivity contribution in [2.75, 3.05) is 6.61 Å². The number of aliphatic carboxylic acids is 1. The number of fused-ring (bicyclic) bond motifs is 1. The number of benzene rings is 3. The Bertz CT molecular complexity index is 1630. The second kappa shape index (κ2) is 12.8. The van der Waals surface area contributed by atoms with Crippen LogP contribution in [-0.2, 0) is 17.4 Å². The van der Waals surface area contributed by atoms with Gasteiger partial charge in [0.15, 0.2) is 11.6 Å². The van der Waals surface area contributed by atoms with Gasteiger partial charge >= 0.3 is 35.7 Å². The van der Waals surface area contributed by atoms with Crippen LogP contribution < -0.4 is 44.1 Å². The van der Waals surface area contributed by atoms with Gasteiger partial charge < -0.3 is 19.4 Å². The minimum Gasteiger partial charge on any atom is -0.549 e. The molecule has 2 heterocycles. The SMILES string of the molecule is Cc1cc(CC(=O)c2ccc(Oc3cc4c(cc3Cl)C(C(=O)[O-])CCO4)cc2)nc(-c2ccc(C(F)(F)F)cc2)n1.[Na+]. The van der Waals surface area contributed by atoms with Gasteiger partial charge in [-0.2, -0.15) is 13.2 Å². The van der Waals surface area contributed by atoms with Crippen LogP contribution in [0.2, 0.25) is 5.02 Å². The van der Waals surface area contributed by atoms with E-state index in [1.807, 2.05) is 0 Å². The van der Waals surface area contributed by atoms with Crippen LogP contribution in [0.25, 0.3) is 11.4 Å². The third-order valence-electron chi connectivity index (χ3n) is 6.51. The monoisotopic (exact) mass is 604 g/mol. The number of nitrogens with zero attached hydrogens (tertiary/aromatic N) is 2. The largest absolute Gasteiger partial charge is 1.00 e. The predicted octanol–water partition coefficient (Wildman–Crippen LogP) is 2.96. The van der Waals surface area contributed by atoms with Crippen molar-refractivity contribution in [1.29, 1.82) is 0 Å². The fraction of sp³-hybridized carbons (Fsp3) is 0.200. The van der Waals surface area contributed by atoms with Crippen LogP contribution in [0, 0.1) is 6.92 Å². The van der Waals surface area contributed by atoms with Gasteiger partial charge in [-0.15, -0.1) is 0 Å². The third-order valence-corrected chi connectivity index (χ3v) is 6.81. The van der Waals surface area contributed by atoms with Crippen molar-refractivity contribution in [3.05, 3.63) is 99.8 Å². The molecule has 1 atom stereocenters. The van der Waals surface area contributed by atoms with Crippen molar-refractivity contribution in [2.45, 2.75) is 31.9 Å². The van der Waals surface area contributed by atoms with E-state index in [0.717, 1.165) is 12.1 Å². The molecule has 3 aromatic carbocycles. The molecule has 12 heteroatoms. The molecule has 1 unspecified atom stereocenters. The van der Waals surface area contributed by atoms with Crippen LogP contribution in [0.1, 0.15) is 45.2 Å². The normalized spacial score (nSPS) is 14.3. The van der Waals surface area contributed by atoms with Crippen LogP contribution in [-0.4, -0.2) is 28.3 Å². The summed E-state index contributed by atoms with van der Waals surface area (Å²) in [6.07, 6.45) is -4.22. The molecule has 1 aromatic heterocycles. The maximum absolute atomic E-state index is 13.0. The number of aromatic nitrogens is 2. The molecule has 1 aliphatic heterocycles. The number of ether oxygens (including phenoxy) is 2. The first-order chi connectivity index (χ1) is 19.5. The van der Waals surface area contributed by atoms with E-state index in [-0.39, 0.29) is 71.4 Å². The molecule has 0 saturated heterocycles. The number of Topliss-reactive ketones (excluding diaryl/α,β-unsaturated/α-hetero) is 1. The number of carboxylic acid groups (broad SMARTS) is 1. The van der Waals surface area contributed by atoms with Crippen molar-refractivity contribution >= 4 is 23.4 Å². The number of halogens is 4. The zero-order chi connectivity index (χ0) is 29.3. The van der Waals surface area contributed by atoms with Crippen LogP contribution in [0.3, 0.4) is 0 Å². The predicted molar refractivity (Wildman–Crippen MR) is 141 cm³/mol. The fourth-order valence-electron chi connectivity index (χ4n) is 4.48. The molecule has 0 spiro atoms. The molecule has 0 aliphatic carbocycles. The molecular formula is C30H21ClF3N2NaO5. The molecular weight excluding hydrogens is 584 g/mol. The second-order valence-electron chi connectivity index (χ2n) is 9.45. The quantitative estimate of drug-likeness (QED) is 0.236. The number of alkyl halides is 3. The van der Waals surface area contributed by atoms with Gasteiger partial charge in [0.1, 0.15) is 17.2 Å². The van der Waals surface area contributed by atoms with Crippen molar-refractivity contribution in [1.82, 2.24) is 9.97 Å². The maximum Gasteiger partial charge on any atom is 1.00 e. The van der Waals surface area contributed by atoms with Gasteiger partial charge in [0.25, 0.3) is 0 Å². The van der Waals surface area contributed by atoms with Crippen LogP contribution in [0.4, 0.5) is 13.2 Å². The van der Waals surface area contributed by atoms with Gasteiger partial charge in [0.2, 0.25) is 0 Å². The Balaban J connectivity index is 0.00000405. The van der Waals surface area contributed by atoms with Gasteiger partial charge in [-0.1, -0.05) is 23.7 Å². The first kappa shape index (κ1) is 31.5. The van der Waals surface area contributed by atoms with E-state index in [9.17, 15) is 27.9 Å². The summed E-state index contributed by atoms with van der Waals surface area (Å²) in [6, 6.07) is 15.5. The molecule has 0 bridgehead atoms. The Labute approximate surface area is 266 Å². The summed E-state index contributed by atoms with van der Waals surface area (Å²) in [6.45, 7) is 1.94. The average Bonchev–Trinajstić information content (AvgIpc) is 2.92. The zero-order valence-electron chi connectivity index (χ0n) is 22.5.